The average molecular weight is 498 g/mol. The van der Waals surface area contributed by atoms with E-state index in [4.69, 9.17) is 19.9 Å². The third-order valence-electron chi connectivity index (χ3n) is 6.62. The molecule has 2 aliphatic heterocycles. The number of carbonyl (C=O) groups is 3. The van der Waals surface area contributed by atoms with E-state index in [2.05, 4.69) is 10.3 Å². The summed E-state index contributed by atoms with van der Waals surface area (Å²) in [6.45, 7) is 1.55. The van der Waals surface area contributed by atoms with Crippen LogP contribution in [0, 0.1) is 11.8 Å². The van der Waals surface area contributed by atoms with Gasteiger partial charge in [-0.2, -0.15) is 0 Å². The topological polar surface area (TPSA) is 136 Å². The van der Waals surface area contributed by atoms with Crippen LogP contribution in [0.2, 0.25) is 0 Å². The van der Waals surface area contributed by atoms with Gasteiger partial charge in [-0.15, -0.1) is 0 Å². The van der Waals surface area contributed by atoms with Crippen molar-refractivity contribution in [1.29, 1.82) is 0 Å². The predicted molar refractivity (Wildman–Crippen MR) is 134 cm³/mol. The number of anilines is 3. The number of nitrogens with one attached hydrogen (secondary N) is 1. The zero-order valence-corrected chi connectivity index (χ0v) is 20.7. The number of hydrogen-bond donors (Lipinski definition) is 2. The quantitative estimate of drug-likeness (QED) is 0.563. The molecule has 2 atom stereocenters. The number of methoxy groups -OCH3 is 3. The van der Waals surface area contributed by atoms with E-state index in [1.54, 1.807) is 35.4 Å². The monoisotopic (exact) mass is 497 g/mol. The highest BCUT2D eigenvalue weighted by atomic mass is 16.5. The smallest absolute Gasteiger partial charge is 0.229 e. The average Bonchev–Trinajstić information content (AvgIpc) is 3.29. The Balaban J connectivity index is 1.41. The Labute approximate surface area is 209 Å². The van der Waals surface area contributed by atoms with Gasteiger partial charge in [-0.3, -0.25) is 14.4 Å². The molecule has 0 aliphatic carbocycles. The molecule has 3 heterocycles. The lowest BCUT2D eigenvalue weighted by atomic mass is 9.97. The standard InChI is InChI=1S/C25H31N5O6/c1-34-19-10-18(11-20(35-2)23(19)36-3)30-14-16(9-22(30)31)25(33)28-17-6-7-21(27-12-17)29-8-4-5-15(13-29)24(26)32/h6-7,10-12,15-16H,4-5,8-9,13-14H2,1-3H3,(H2,26,32)(H,28,33). The molecular formula is C25H31N5O6. The summed E-state index contributed by atoms with van der Waals surface area (Å²) in [5, 5.41) is 2.85. The van der Waals surface area contributed by atoms with Crippen LogP contribution in [0.15, 0.2) is 30.5 Å². The number of rotatable bonds is 8. The first-order valence-corrected chi connectivity index (χ1v) is 11.8. The van der Waals surface area contributed by atoms with Gasteiger partial charge in [0.2, 0.25) is 23.5 Å². The number of ether oxygens (including phenoxy) is 3. The highest BCUT2D eigenvalue weighted by molar-refractivity contribution is 6.03. The van der Waals surface area contributed by atoms with E-state index in [1.165, 1.54) is 21.3 Å². The molecular weight excluding hydrogens is 466 g/mol. The van der Waals surface area contributed by atoms with Crippen LogP contribution in [0.4, 0.5) is 17.2 Å². The van der Waals surface area contributed by atoms with Gasteiger partial charge in [-0.05, 0) is 25.0 Å². The molecule has 2 fully saturated rings. The van der Waals surface area contributed by atoms with E-state index in [9.17, 15) is 14.4 Å². The molecule has 0 saturated carbocycles. The van der Waals surface area contributed by atoms with Gasteiger partial charge in [-0.25, -0.2) is 4.98 Å². The number of nitrogens with two attached hydrogens (primary N) is 1. The van der Waals surface area contributed by atoms with Gasteiger partial charge in [0.15, 0.2) is 11.5 Å². The number of pyridine rings is 1. The number of benzene rings is 1. The molecule has 11 heteroatoms. The molecule has 0 bridgehead atoms. The molecule has 2 unspecified atom stereocenters. The largest absolute Gasteiger partial charge is 0.493 e. The Kier molecular flexibility index (Phi) is 7.47. The summed E-state index contributed by atoms with van der Waals surface area (Å²) < 4.78 is 16.1. The van der Waals surface area contributed by atoms with E-state index in [0.29, 0.717) is 35.2 Å². The third kappa shape index (κ3) is 5.14. The summed E-state index contributed by atoms with van der Waals surface area (Å²) in [7, 11) is 4.51. The minimum atomic E-state index is -0.533. The summed E-state index contributed by atoms with van der Waals surface area (Å²) in [6, 6.07) is 6.94. The summed E-state index contributed by atoms with van der Waals surface area (Å²) in [4.78, 5) is 45.3. The first-order chi connectivity index (χ1) is 17.3. The lowest BCUT2D eigenvalue weighted by Crippen LogP contribution is -2.41. The van der Waals surface area contributed by atoms with Crippen molar-refractivity contribution in [3.63, 3.8) is 0 Å². The molecule has 3 N–H and O–H groups in total. The van der Waals surface area contributed by atoms with E-state index in [1.807, 2.05) is 4.90 Å². The summed E-state index contributed by atoms with van der Waals surface area (Å²) in [6.07, 6.45) is 3.31. The Morgan fingerprint density at radius 2 is 1.78 bits per heavy atom. The molecule has 2 saturated heterocycles. The van der Waals surface area contributed by atoms with Crippen molar-refractivity contribution in [3.05, 3.63) is 30.5 Å². The molecule has 1 aromatic heterocycles. The first kappa shape index (κ1) is 25.1. The number of nitrogens with zero attached hydrogens (tertiary/aromatic N) is 3. The van der Waals surface area contributed by atoms with Crippen molar-refractivity contribution < 1.29 is 28.6 Å². The number of carbonyl (C=O) groups excluding carboxylic acids is 3. The Morgan fingerprint density at radius 1 is 1.06 bits per heavy atom. The third-order valence-corrected chi connectivity index (χ3v) is 6.62. The highest BCUT2D eigenvalue weighted by Gasteiger charge is 2.36. The lowest BCUT2D eigenvalue weighted by molar-refractivity contribution is -0.122. The number of aromatic nitrogens is 1. The minimum absolute atomic E-state index is 0.0797. The second-order valence-electron chi connectivity index (χ2n) is 8.87. The SMILES string of the molecule is COc1cc(N2CC(C(=O)Nc3ccc(N4CCCC(C(N)=O)C4)nc3)CC2=O)cc(OC)c1OC. The van der Waals surface area contributed by atoms with Gasteiger partial charge in [0.25, 0.3) is 0 Å². The lowest BCUT2D eigenvalue weighted by Gasteiger charge is -2.32. The molecule has 1 aromatic carbocycles. The van der Waals surface area contributed by atoms with Gasteiger partial charge in [0, 0.05) is 38.2 Å². The van der Waals surface area contributed by atoms with Crippen molar-refractivity contribution in [1.82, 2.24) is 4.98 Å². The number of primary amides is 1. The fraction of sp³-hybridized carbons (Fsp3) is 0.440. The fourth-order valence-electron chi connectivity index (χ4n) is 4.66. The molecule has 2 aromatic rings. The maximum atomic E-state index is 12.9. The van der Waals surface area contributed by atoms with Crippen LogP contribution in [0.25, 0.3) is 0 Å². The Hall–Kier alpha value is -4.02. The van der Waals surface area contributed by atoms with Crippen LogP contribution >= 0.6 is 0 Å². The molecule has 192 valence electrons. The van der Waals surface area contributed by atoms with Crippen LogP contribution in [0.3, 0.4) is 0 Å². The Morgan fingerprint density at radius 3 is 2.36 bits per heavy atom. The van der Waals surface area contributed by atoms with Crippen LogP contribution < -0.4 is 35.1 Å². The van der Waals surface area contributed by atoms with Crippen molar-refractivity contribution in [3.8, 4) is 17.2 Å². The highest BCUT2D eigenvalue weighted by Crippen LogP contribution is 2.42. The molecule has 4 rings (SSSR count). The van der Waals surface area contributed by atoms with E-state index >= 15 is 0 Å². The number of amides is 3. The molecule has 36 heavy (non-hydrogen) atoms. The van der Waals surface area contributed by atoms with Gasteiger partial charge >= 0.3 is 0 Å². The maximum Gasteiger partial charge on any atom is 0.229 e. The van der Waals surface area contributed by atoms with Crippen molar-refractivity contribution >= 4 is 34.9 Å². The van der Waals surface area contributed by atoms with Crippen LogP contribution in [0.1, 0.15) is 19.3 Å². The maximum absolute atomic E-state index is 12.9. The van der Waals surface area contributed by atoms with Crippen LogP contribution in [-0.2, 0) is 14.4 Å². The molecule has 11 nitrogen and oxygen atoms in total. The molecule has 2 aliphatic rings. The summed E-state index contributed by atoms with van der Waals surface area (Å²) in [5.74, 6) is 0.549. The summed E-state index contributed by atoms with van der Waals surface area (Å²) >= 11 is 0. The van der Waals surface area contributed by atoms with Gasteiger partial charge in [0.1, 0.15) is 5.82 Å². The zero-order chi connectivity index (χ0) is 25.8. The Bertz CT molecular complexity index is 1110. The molecule has 0 spiro atoms. The normalized spacial score (nSPS) is 19.7. The van der Waals surface area contributed by atoms with Crippen LogP contribution in [-0.4, -0.2) is 63.7 Å². The van der Waals surface area contributed by atoms with E-state index < -0.39 is 5.92 Å². The summed E-state index contributed by atoms with van der Waals surface area (Å²) in [5.41, 5.74) is 6.56. The van der Waals surface area contributed by atoms with Crippen molar-refractivity contribution in [2.24, 2.45) is 17.6 Å². The van der Waals surface area contributed by atoms with Crippen molar-refractivity contribution in [2.45, 2.75) is 19.3 Å². The second-order valence-corrected chi connectivity index (χ2v) is 8.87. The van der Waals surface area contributed by atoms with E-state index in [-0.39, 0.29) is 36.6 Å². The minimum Gasteiger partial charge on any atom is -0.493 e. The fourth-order valence-corrected chi connectivity index (χ4v) is 4.66. The van der Waals surface area contributed by atoms with E-state index in [0.717, 1.165) is 25.2 Å². The van der Waals surface area contributed by atoms with Crippen LogP contribution in [0.5, 0.6) is 17.2 Å². The molecule has 3 amide bonds. The second kappa shape index (κ2) is 10.7. The first-order valence-electron chi connectivity index (χ1n) is 11.8. The van der Waals surface area contributed by atoms with Gasteiger partial charge in [-0.1, -0.05) is 0 Å². The predicted octanol–water partition coefficient (Wildman–Crippen LogP) is 1.80. The molecule has 0 radical (unpaired) electrons. The number of piperidine rings is 1. The number of hydrogen-bond acceptors (Lipinski definition) is 8. The van der Waals surface area contributed by atoms with Gasteiger partial charge in [0.05, 0.1) is 50.7 Å². The van der Waals surface area contributed by atoms with Gasteiger partial charge < -0.3 is 35.1 Å². The zero-order valence-electron chi connectivity index (χ0n) is 20.7. The van der Waals surface area contributed by atoms with Crippen molar-refractivity contribution in [2.75, 3.05) is 56.1 Å².